The molecule has 0 aliphatic carbocycles. The van der Waals surface area contributed by atoms with E-state index in [4.69, 9.17) is 0 Å². The molecular formula is C20H22N4. The van der Waals surface area contributed by atoms with Gasteiger partial charge < -0.3 is 4.57 Å². The Bertz CT molecular complexity index is 831. The van der Waals surface area contributed by atoms with Gasteiger partial charge in [0, 0.05) is 37.6 Å². The van der Waals surface area contributed by atoms with Crippen LogP contribution in [0.5, 0.6) is 0 Å². The summed E-state index contributed by atoms with van der Waals surface area (Å²) in [7, 11) is 0. The van der Waals surface area contributed by atoms with Gasteiger partial charge in [-0.25, -0.2) is 4.98 Å². The van der Waals surface area contributed by atoms with Gasteiger partial charge in [-0.2, -0.15) is 0 Å². The summed E-state index contributed by atoms with van der Waals surface area (Å²) in [5.41, 5.74) is 6.37. The van der Waals surface area contributed by atoms with Crippen molar-refractivity contribution in [3.63, 3.8) is 0 Å². The molecule has 1 aromatic carbocycles. The van der Waals surface area contributed by atoms with E-state index in [1.807, 2.05) is 24.7 Å². The first kappa shape index (κ1) is 15.1. The fraction of sp³-hybridized carbons (Fsp3) is 0.300. The molecule has 4 rings (SSSR count). The highest BCUT2D eigenvalue weighted by Crippen LogP contribution is 2.24. The third kappa shape index (κ3) is 2.97. The average Bonchev–Trinajstić information content (AvgIpc) is 2.98. The van der Waals surface area contributed by atoms with Crippen molar-refractivity contribution >= 4 is 0 Å². The zero-order valence-electron chi connectivity index (χ0n) is 14.2. The van der Waals surface area contributed by atoms with Gasteiger partial charge in [0.15, 0.2) is 0 Å². The van der Waals surface area contributed by atoms with E-state index in [9.17, 15) is 0 Å². The van der Waals surface area contributed by atoms with Crippen LogP contribution in [-0.2, 0) is 19.6 Å². The van der Waals surface area contributed by atoms with Crippen LogP contribution in [0.1, 0.15) is 22.5 Å². The number of hydrogen-bond acceptors (Lipinski definition) is 3. The second-order valence-corrected chi connectivity index (χ2v) is 6.66. The minimum absolute atomic E-state index is 0.896. The van der Waals surface area contributed by atoms with Crippen LogP contribution >= 0.6 is 0 Å². The number of hydrogen-bond donors (Lipinski definition) is 0. The monoisotopic (exact) mass is 318 g/mol. The highest BCUT2D eigenvalue weighted by Gasteiger charge is 2.20. The van der Waals surface area contributed by atoms with Crippen molar-refractivity contribution in [3.05, 3.63) is 71.4 Å². The quantitative estimate of drug-likeness (QED) is 0.740. The molecule has 0 saturated heterocycles. The summed E-state index contributed by atoms with van der Waals surface area (Å²) in [5.74, 6) is 1.14. The van der Waals surface area contributed by atoms with Crippen molar-refractivity contribution in [1.82, 2.24) is 19.4 Å². The normalized spacial score (nSPS) is 14.6. The van der Waals surface area contributed by atoms with E-state index in [0.717, 1.165) is 37.6 Å². The molecule has 0 atom stereocenters. The van der Waals surface area contributed by atoms with Crippen molar-refractivity contribution in [2.75, 3.05) is 6.54 Å². The first-order chi connectivity index (χ1) is 11.7. The number of benzene rings is 1. The molecule has 0 fully saturated rings. The summed E-state index contributed by atoms with van der Waals surface area (Å²) in [6.45, 7) is 8.23. The first-order valence-corrected chi connectivity index (χ1v) is 8.43. The van der Waals surface area contributed by atoms with Crippen LogP contribution in [0.25, 0.3) is 11.3 Å². The Labute approximate surface area is 142 Å². The maximum Gasteiger partial charge on any atom is 0.123 e. The summed E-state index contributed by atoms with van der Waals surface area (Å²) in [6, 6.07) is 10.9. The number of fused-ring (bicyclic) bond motifs is 1. The van der Waals surface area contributed by atoms with Crippen molar-refractivity contribution < 1.29 is 0 Å². The lowest BCUT2D eigenvalue weighted by Gasteiger charge is -2.28. The van der Waals surface area contributed by atoms with E-state index in [-0.39, 0.29) is 0 Å². The van der Waals surface area contributed by atoms with Crippen LogP contribution in [0.15, 0.2) is 48.9 Å². The smallest absolute Gasteiger partial charge is 0.123 e. The summed E-state index contributed by atoms with van der Waals surface area (Å²) >= 11 is 0. The molecule has 3 heterocycles. The van der Waals surface area contributed by atoms with E-state index < -0.39 is 0 Å². The number of rotatable bonds is 3. The molecule has 1 aliphatic rings. The molecule has 0 N–H and O–H groups in total. The number of nitrogens with zero attached hydrogens (tertiary/aromatic N) is 4. The lowest BCUT2D eigenvalue weighted by molar-refractivity contribution is 0.209. The van der Waals surface area contributed by atoms with E-state index >= 15 is 0 Å². The molecular weight excluding hydrogens is 296 g/mol. The molecule has 4 heteroatoms. The number of aryl methyl sites for hydroxylation is 2. The first-order valence-electron chi connectivity index (χ1n) is 8.43. The van der Waals surface area contributed by atoms with Crippen LogP contribution in [0.3, 0.4) is 0 Å². The molecule has 24 heavy (non-hydrogen) atoms. The van der Waals surface area contributed by atoms with E-state index in [1.165, 1.54) is 22.4 Å². The standard InChI is InChI=1S/C20H22N4/c1-15-8-16(2)10-17(9-15)13-23-6-7-24-19(12-22-20(24)14-23)18-4-3-5-21-11-18/h3-5,8-12H,6-7,13-14H2,1-2H3. The number of aromatic nitrogens is 3. The van der Waals surface area contributed by atoms with Gasteiger partial charge in [0.2, 0.25) is 0 Å². The lowest BCUT2D eigenvalue weighted by Crippen LogP contribution is -2.33. The highest BCUT2D eigenvalue weighted by atomic mass is 15.2. The third-order valence-corrected chi connectivity index (χ3v) is 4.59. The molecule has 122 valence electrons. The topological polar surface area (TPSA) is 34.0 Å². The molecule has 2 aromatic heterocycles. The highest BCUT2D eigenvalue weighted by molar-refractivity contribution is 5.58. The van der Waals surface area contributed by atoms with E-state index in [0.29, 0.717) is 0 Å². The molecule has 3 aromatic rings. The summed E-state index contributed by atoms with van der Waals surface area (Å²) in [5, 5.41) is 0. The Kier molecular flexibility index (Phi) is 3.90. The minimum atomic E-state index is 0.896. The molecule has 0 amide bonds. The maximum absolute atomic E-state index is 4.65. The Morgan fingerprint density at radius 1 is 1.04 bits per heavy atom. The zero-order valence-corrected chi connectivity index (χ0v) is 14.2. The maximum atomic E-state index is 4.65. The van der Waals surface area contributed by atoms with Gasteiger partial charge in [-0.15, -0.1) is 0 Å². The van der Waals surface area contributed by atoms with Crippen LogP contribution in [0.4, 0.5) is 0 Å². The minimum Gasteiger partial charge on any atom is -0.326 e. The Hall–Kier alpha value is -2.46. The Morgan fingerprint density at radius 2 is 1.88 bits per heavy atom. The van der Waals surface area contributed by atoms with Gasteiger partial charge in [0.25, 0.3) is 0 Å². The fourth-order valence-corrected chi connectivity index (χ4v) is 3.61. The van der Waals surface area contributed by atoms with Crippen molar-refractivity contribution in [3.8, 4) is 11.3 Å². The van der Waals surface area contributed by atoms with Gasteiger partial charge in [-0.3, -0.25) is 9.88 Å². The Morgan fingerprint density at radius 3 is 2.62 bits per heavy atom. The van der Waals surface area contributed by atoms with Crippen LogP contribution in [0, 0.1) is 13.8 Å². The molecule has 1 aliphatic heterocycles. The summed E-state index contributed by atoms with van der Waals surface area (Å²) in [6.07, 6.45) is 5.70. The number of pyridine rings is 1. The predicted octanol–water partition coefficient (Wildman–Crippen LogP) is 3.58. The molecule has 4 nitrogen and oxygen atoms in total. The SMILES string of the molecule is Cc1cc(C)cc(CN2CCn3c(-c4cccnc4)cnc3C2)c1. The zero-order chi connectivity index (χ0) is 16.5. The van der Waals surface area contributed by atoms with Gasteiger partial charge in [0.1, 0.15) is 5.82 Å². The van der Waals surface area contributed by atoms with Gasteiger partial charge in [-0.1, -0.05) is 29.3 Å². The van der Waals surface area contributed by atoms with Crippen molar-refractivity contribution in [1.29, 1.82) is 0 Å². The number of imidazole rings is 1. The average molecular weight is 318 g/mol. The molecule has 0 radical (unpaired) electrons. The van der Waals surface area contributed by atoms with Gasteiger partial charge in [0.05, 0.1) is 18.4 Å². The van der Waals surface area contributed by atoms with Crippen molar-refractivity contribution in [2.45, 2.75) is 33.5 Å². The molecule has 0 bridgehead atoms. The second kappa shape index (κ2) is 6.21. The second-order valence-electron chi connectivity index (χ2n) is 6.66. The third-order valence-electron chi connectivity index (χ3n) is 4.59. The summed E-state index contributed by atoms with van der Waals surface area (Å²) in [4.78, 5) is 11.4. The lowest BCUT2D eigenvalue weighted by atomic mass is 10.1. The van der Waals surface area contributed by atoms with E-state index in [2.05, 4.69) is 57.5 Å². The Balaban J connectivity index is 1.54. The van der Waals surface area contributed by atoms with E-state index in [1.54, 1.807) is 0 Å². The summed E-state index contributed by atoms with van der Waals surface area (Å²) < 4.78 is 2.33. The predicted molar refractivity (Wildman–Crippen MR) is 95.5 cm³/mol. The fourth-order valence-electron chi connectivity index (χ4n) is 3.61. The van der Waals surface area contributed by atoms with Crippen LogP contribution in [0.2, 0.25) is 0 Å². The molecule has 0 unspecified atom stereocenters. The van der Waals surface area contributed by atoms with Crippen LogP contribution in [-0.4, -0.2) is 26.0 Å². The largest absolute Gasteiger partial charge is 0.326 e. The van der Waals surface area contributed by atoms with Crippen molar-refractivity contribution in [2.24, 2.45) is 0 Å². The molecule has 0 spiro atoms. The van der Waals surface area contributed by atoms with Gasteiger partial charge in [-0.05, 0) is 31.5 Å². The van der Waals surface area contributed by atoms with Crippen LogP contribution < -0.4 is 0 Å². The molecule has 0 saturated carbocycles. The van der Waals surface area contributed by atoms with Gasteiger partial charge >= 0.3 is 0 Å².